The van der Waals surface area contributed by atoms with Crippen molar-refractivity contribution in [2.24, 2.45) is 0 Å². The number of hydrogen-bond donors (Lipinski definition) is 1. The maximum absolute atomic E-state index is 12.1. The van der Waals surface area contributed by atoms with Crippen molar-refractivity contribution in [3.8, 4) is 0 Å². The van der Waals surface area contributed by atoms with Crippen LogP contribution in [-0.4, -0.2) is 34.8 Å². The zero-order valence-electron chi connectivity index (χ0n) is 11.9. The minimum absolute atomic E-state index is 0.0169. The number of carbonyl (C=O) groups is 1. The van der Waals surface area contributed by atoms with Crippen molar-refractivity contribution >= 4 is 29.1 Å². The van der Waals surface area contributed by atoms with Crippen molar-refractivity contribution in [1.82, 2.24) is 15.5 Å². The van der Waals surface area contributed by atoms with E-state index in [2.05, 4.69) is 15.5 Å². The van der Waals surface area contributed by atoms with E-state index in [9.17, 15) is 4.79 Å². The molecule has 3 rings (SSSR count). The van der Waals surface area contributed by atoms with Gasteiger partial charge in [0.25, 0.3) is 5.22 Å². The number of Topliss-reactive ketones (excluding diaryl/α,β-unsaturated/α-hetero) is 1. The summed E-state index contributed by atoms with van der Waals surface area (Å²) in [5.41, 5.74) is 0.634. The quantitative estimate of drug-likeness (QED) is 0.667. The van der Waals surface area contributed by atoms with Crippen LogP contribution in [-0.2, 0) is 0 Å². The Bertz CT molecular complexity index is 638. The molecular weight excluding hydrogens is 322 g/mol. The highest BCUT2D eigenvalue weighted by Crippen LogP contribution is 2.27. The molecule has 5 nitrogen and oxygen atoms in total. The Labute approximate surface area is 137 Å². The number of aromatic nitrogens is 2. The number of halogens is 1. The lowest BCUT2D eigenvalue weighted by Crippen LogP contribution is -2.26. The normalized spacial score (nSPS) is 15.9. The van der Waals surface area contributed by atoms with Crippen molar-refractivity contribution in [1.29, 1.82) is 0 Å². The summed E-state index contributed by atoms with van der Waals surface area (Å²) in [5.74, 6) is 1.30. The summed E-state index contributed by atoms with van der Waals surface area (Å²) in [4.78, 5) is 12.1. The fraction of sp³-hybridized carbons (Fsp3) is 0.400. The molecule has 7 heteroatoms. The number of nitrogens with one attached hydrogen (secondary N) is 1. The van der Waals surface area contributed by atoms with Crippen molar-refractivity contribution in [2.75, 3.05) is 18.8 Å². The van der Waals surface area contributed by atoms with Gasteiger partial charge in [-0.25, -0.2) is 0 Å². The van der Waals surface area contributed by atoms with E-state index in [1.54, 1.807) is 24.3 Å². The minimum atomic E-state index is 0.0169. The predicted molar refractivity (Wildman–Crippen MR) is 85.6 cm³/mol. The number of carbonyl (C=O) groups excluding carboxylic acids is 1. The highest BCUT2D eigenvalue weighted by atomic mass is 35.5. The Morgan fingerprint density at radius 2 is 2.00 bits per heavy atom. The molecule has 0 amide bonds. The lowest BCUT2D eigenvalue weighted by molar-refractivity contribution is 0.102. The van der Waals surface area contributed by atoms with Gasteiger partial charge in [0, 0.05) is 16.5 Å². The van der Waals surface area contributed by atoms with Gasteiger partial charge in [-0.1, -0.05) is 23.4 Å². The molecule has 1 aliphatic heterocycles. The second kappa shape index (κ2) is 7.26. The first-order valence-corrected chi connectivity index (χ1v) is 8.54. The van der Waals surface area contributed by atoms with E-state index in [0.29, 0.717) is 27.6 Å². The molecule has 0 unspecified atom stereocenters. The first-order valence-electron chi connectivity index (χ1n) is 7.18. The van der Waals surface area contributed by atoms with Crippen LogP contribution < -0.4 is 5.32 Å². The molecule has 1 N–H and O–H groups in total. The molecule has 1 saturated heterocycles. The summed E-state index contributed by atoms with van der Waals surface area (Å²) in [5, 5.41) is 12.5. The standard InChI is InChI=1S/C15H16ClN3O2S/c16-12-3-1-10(2-4-12)13(20)9-22-15-19-18-14(21-15)11-5-7-17-8-6-11/h1-4,11,17H,5-9H2. The van der Waals surface area contributed by atoms with Gasteiger partial charge in [0.2, 0.25) is 5.89 Å². The molecule has 1 fully saturated rings. The second-order valence-corrected chi connectivity index (χ2v) is 6.51. The number of thioether (sulfide) groups is 1. The third-order valence-electron chi connectivity index (χ3n) is 3.60. The topological polar surface area (TPSA) is 68.0 Å². The fourth-order valence-electron chi connectivity index (χ4n) is 2.36. The number of ketones is 1. The summed E-state index contributed by atoms with van der Waals surface area (Å²) in [6.07, 6.45) is 2.02. The summed E-state index contributed by atoms with van der Waals surface area (Å²) in [6, 6.07) is 6.86. The van der Waals surface area contributed by atoms with E-state index in [0.717, 1.165) is 25.9 Å². The van der Waals surface area contributed by atoms with Crippen LogP contribution in [0.15, 0.2) is 33.9 Å². The van der Waals surface area contributed by atoms with Crippen LogP contribution >= 0.6 is 23.4 Å². The Hall–Kier alpha value is -1.37. The molecule has 1 aliphatic rings. The third kappa shape index (κ3) is 3.88. The van der Waals surface area contributed by atoms with Crippen LogP contribution in [0.5, 0.6) is 0 Å². The van der Waals surface area contributed by atoms with Crippen LogP contribution in [0.1, 0.15) is 35.0 Å². The summed E-state index contributed by atoms with van der Waals surface area (Å²) >= 11 is 7.09. The Morgan fingerprint density at radius 1 is 1.27 bits per heavy atom. The number of piperidine rings is 1. The average Bonchev–Trinajstić information content (AvgIpc) is 3.03. The maximum atomic E-state index is 12.1. The summed E-state index contributed by atoms with van der Waals surface area (Å²) < 4.78 is 5.67. The SMILES string of the molecule is O=C(CSc1nnc(C2CCNCC2)o1)c1ccc(Cl)cc1. The third-order valence-corrected chi connectivity index (χ3v) is 4.67. The lowest BCUT2D eigenvalue weighted by atomic mass is 9.98. The molecule has 0 aliphatic carbocycles. The lowest BCUT2D eigenvalue weighted by Gasteiger charge is -2.18. The highest BCUT2D eigenvalue weighted by molar-refractivity contribution is 7.99. The van der Waals surface area contributed by atoms with E-state index in [-0.39, 0.29) is 11.5 Å². The maximum Gasteiger partial charge on any atom is 0.277 e. The summed E-state index contributed by atoms with van der Waals surface area (Å²) in [6.45, 7) is 1.95. The van der Waals surface area contributed by atoms with E-state index >= 15 is 0 Å². The van der Waals surface area contributed by atoms with Gasteiger partial charge in [-0.2, -0.15) is 0 Å². The zero-order valence-corrected chi connectivity index (χ0v) is 13.5. The van der Waals surface area contributed by atoms with Crippen LogP contribution in [0.3, 0.4) is 0 Å². The zero-order chi connectivity index (χ0) is 15.4. The average molecular weight is 338 g/mol. The van der Waals surface area contributed by atoms with Gasteiger partial charge in [0.05, 0.1) is 5.75 Å². The Kier molecular flexibility index (Phi) is 5.12. The highest BCUT2D eigenvalue weighted by Gasteiger charge is 2.21. The molecular formula is C15H16ClN3O2S. The van der Waals surface area contributed by atoms with Gasteiger partial charge in [0.15, 0.2) is 5.78 Å². The molecule has 116 valence electrons. The molecule has 0 saturated carbocycles. The first kappa shape index (κ1) is 15.5. The van der Waals surface area contributed by atoms with Gasteiger partial charge in [-0.15, -0.1) is 10.2 Å². The van der Waals surface area contributed by atoms with E-state index in [4.69, 9.17) is 16.0 Å². The van der Waals surface area contributed by atoms with Crippen LogP contribution in [0.4, 0.5) is 0 Å². The number of nitrogens with zero attached hydrogens (tertiary/aromatic N) is 2. The van der Waals surface area contributed by atoms with E-state index < -0.39 is 0 Å². The fourth-order valence-corrected chi connectivity index (χ4v) is 3.15. The monoisotopic (exact) mass is 337 g/mol. The van der Waals surface area contributed by atoms with Crippen LogP contribution in [0.25, 0.3) is 0 Å². The first-order chi connectivity index (χ1) is 10.7. The molecule has 2 aromatic rings. The number of benzene rings is 1. The smallest absolute Gasteiger partial charge is 0.277 e. The van der Waals surface area contributed by atoms with Crippen molar-refractivity contribution in [2.45, 2.75) is 24.0 Å². The Morgan fingerprint density at radius 3 is 2.73 bits per heavy atom. The van der Waals surface area contributed by atoms with Crippen molar-refractivity contribution in [3.63, 3.8) is 0 Å². The molecule has 0 bridgehead atoms. The van der Waals surface area contributed by atoms with Gasteiger partial charge in [-0.05, 0) is 50.2 Å². The largest absolute Gasteiger partial charge is 0.416 e. The molecule has 22 heavy (non-hydrogen) atoms. The number of rotatable bonds is 5. The molecule has 0 atom stereocenters. The second-order valence-electron chi connectivity index (χ2n) is 5.15. The summed E-state index contributed by atoms with van der Waals surface area (Å²) in [7, 11) is 0. The molecule has 0 spiro atoms. The van der Waals surface area contributed by atoms with Crippen molar-refractivity contribution in [3.05, 3.63) is 40.7 Å². The number of hydrogen-bond acceptors (Lipinski definition) is 6. The van der Waals surface area contributed by atoms with Gasteiger partial charge >= 0.3 is 0 Å². The molecule has 1 aromatic carbocycles. The van der Waals surface area contributed by atoms with Crippen LogP contribution in [0.2, 0.25) is 5.02 Å². The minimum Gasteiger partial charge on any atom is -0.416 e. The van der Waals surface area contributed by atoms with Gasteiger partial charge in [-0.3, -0.25) is 4.79 Å². The van der Waals surface area contributed by atoms with Crippen LogP contribution in [0, 0.1) is 0 Å². The van der Waals surface area contributed by atoms with E-state index in [1.165, 1.54) is 11.8 Å². The molecule has 1 aromatic heterocycles. The predicted octanol–water partition coefficient (Wildman–Crippen LogP) is 3.17. The molecule has 2 heterocycles. The van der Waals surface area contributed by atoms with Gasteiger partial charge < -0.3 is 9.73 Å². The Balaban J connectivity index is 1.56. The van der Waals surface area contributed by atoms with E-state index in [1.807, 2.05) is 0 Å². The van der Waals surface area contributed by atoms with Gasteiger partial charge in [0.1, 0.15) is 0 Å². The van der Waals surface area contributed by atoms with Crippen molar-refractivity contribution < 1.29 is 9.21 Å². The molecule has 0 radical (unpaired) electrons.